The number of fused-ring (bicyclic) bond motifs is 6. The molecule has 42 heavy (non-hydrogen) atoms. The lowest BCUT2D eigenvalue weighted by Crippen LogP contribution is -2.49. The first-order chi connectivity index (χ1) is 20.5. The number of benzene rings is 4. The van der Waals surface area contributed by atoms with E-state index in [-0.39, 0.29) is 17.5 Å². The zero-order valence-electron chi connectivity index (χ0n) is 23.4. The summed E-state index contributed by atoms with van der Waals surface area (Å²) in [5.41, 5.74) is 3.76. The van der Waals surface area contributed by atoms with Crippen LogP contribution in [0.2, 0.25) is 0 Å². The maximum Gasteiger partial charge on any atom is 0.238 e. The summed E-state index contributed by atoms with van der Waals surface area (Å²) < 4.78 is 5.90. The minimum absolute atomic E-state index is 0.203. The molecule has 0 saturated carbocycles. The molecule has 1 spiro atoms. The Hall–Kier alpha value is -4.97. The van der Waals surface area contributed by atoms with Crippen LogP contribution in [-0.2, 0) is 10.2 Å². The van der Waals surface area contributed by atoms with Gasteiger partial charge < -0.3 is 15.0 Å². The Labute approximate surface area is 244 Å². The number of rotatable bonds is 6. The number of ketones is 2. The van der Waals surface area contributed by atoms with Crippen molar-refractivity contribution in [2.45, 2.75) is 31.3 Å². The smallest absolute Gasteiger partial charge is 0.238 e. The number of nitrogens with one attached hydrogen (secondary N) is 1. The largest absolute Gasteiger partial charge is 0.493 e. The topological polar surface area (TPSA) is 75.7 Å². The van der Waals surface area contributed by atoms with Gasteiger partial charge in [-0.2, -0.15) is 0 Å². The van der Waals surface area contributed by atoms with Gasteiger partial charge in [0.05, 0.1) is 24.1 Å². The van der Waals surface area contributed by atoms with Crippen molar-refractivity contribution in [2.24, 2.45) is 5.92 Å². The zero-order chi connectivity index (χ0) is 29.0. The summed E-state index contributed by atoms with van der Waals surface area (Å²) >= 11 is 0. The molecule has 6 nitrogen and oxygen atoms in total. The summed E-state index contributed by atoms with van der Waals surface area (Å²) in [5.74, 6) is -1.39. The third kappa shape index (κ3) is 3.61. The molecule has 4 aromatic carbocycles. The van der Waals surface area contributed by atoms with Crippen LogP contribution in [0.25, 0.3) is 6.08 Å². The van der Waals surface area contributed by atoms with Crippen molar-refractivity contribution >= 4 is 29.2 Å². The lowest BCUT2D eigenvalue weighted by Gasteiger charge is -2.38. The Morgan fingerprint density at radius 2 is 1.60 bits per heavy atom. The van der Waals surface area contributed by atoms with Crippen LogP contribution in [0.4, 0.5) is 5.69 Å². The molecule has 0 aliphatic carbocycles. The Balaban J connectivity index is 1.54. The van der Waals surface area contributed by atoms with Gasteiger partial charge in [0.2, 0.25) is 5.91 Å². The van der Waals surface area contributed by atoms with Gasteiger partial charge in [-0.1, -0.05) is 84.4 Å². The van der Waals surface area contributed by atoms with E-state index in [9.17, 15) is 9.59 Å². The monoisotopic (exact) mass is 554 g/mol. The first-order valence-corrected chi connectivity index (χ1v) is 14.3. The Bertz CT molecular complexity index is 1780. The maximum absolute atomic E-state index is 15.1. The van der Waals surface area contributed by atoms with Gasteiger partial charge in [0.15, 0.2) is 11.6 Å². The molecule has 1 N–H and O–H groups in total. The quantitative estimate of drug-likeness (QED) is 0.280. The fraction of sp³-hybridized carbons (Fsp3) is 0.194. The third-order valence-corrected chi connectivity index (χ3v) is 8.91. The van der Waals surface area contributed by atoms with Crippen LogP contribution in [0.5, 0.6) is 5.75 Å². The molecule has 7 rings (SSSR count). The zero-order valence-corrected chi connectivity index (χ0v) is 23.4. The van der Waals surface area contributed by atoms with Crippen molar-refractivity contribution in [2.75, 3.05) is 11.9 Å². The van der Waals surface area contributed by atoms with Gasteiger partial charge in [-0.15, -0.1) is 0 Å². The summed E-state index contributed by atoms with van der Waals surface area (Å²) in [6.07, 6.45) is 3.86. The van der Waals surface area contributed by atoms with E-state index in [4.69, 9.17) is 4.74 Å². The molecule has 0 unspecified atom stereocenters. The highest BCUT2D eigenvalue weighted by molar-refractivity contribution is 6.17. The van der Waals surface area contributed by atoms with Crippen LogP contribution in [0.3, 0.4) is 0 Å². The Kier molecular flexibility index (Phi) is 6.08. The van der Waals surface area contributed by atoms with Crippen molar-refractivity contribution in [3.8, 4) is 5.75 Å². The predicted molar refractivity (Wildman–Crippen MR) is 162 cm³/mol. The number of aryl methyl sites for hydroxylation is 1. The molecule has 0 aromatic heterocycles. The van der Waals surface area contributed by atoms with E-state index < -0.39 is 23.4 Å². The minimum atomic E-state index is -1.38. The van der Waals surface area contributed by atoms with Gasteiger partial charge in [-0.25, -0.2) is 0 Å². The van der Waals surface area contributed by atoms with E-state index in [2.05, 4.69) is 5.32 Å². The number of para-hydroxylation sites is 2. The molecule has 0 radical (unpaired) electrons. The van der Waals surface area contributed by atoms with Crippen LogP contribution < -0.4 is 10.1 Å². The fourth-order valence-corrected chi connectivity index (χ4v) is 7.18. The molecular formula is C36H30N2O4. The van der Waals surface area contributed by atoms with Crippen LogP contribution in [0.1, 0.15) is 55.9 Å². The van der Waals surface area contributed by atoms with E-state index in [0.717, 1.165) is 22.3 Å². The highest BCUT2D eigenvalue weighted by Crippen LogP contribution is 2.62. The summed E-state index contributed by atoms with van der Waals surface area (Å²) in [5, 5.41) is 3.09. The van der Waals surface area contributed by atoms with Crippen molar-refractivity contribution < 1.29 is 19.1 Å². The lowest BCUT2D eigenvalue weighted by molar-refractivity contribution is -0.122. The Morgan fingerprint density at radius 3 is 2.40 bits per heavy atom. The predicted octanol–water partition coefficient (Wildman–Crippen LogP) is 6.38. The Morgan fingerprint density at radius 1 is 0.881 bits per heavy atom. The number of anilines is 1. The van der Waals surface area contributed by atoms with Crippen LogP contribution in [-0.4, -0.2) is 35.0 Å². The standard InChI is InChI=1S/C36H30N2O4/c1-3-42-29-15-9-6-12-26(29)33(40)30-31(32(39)24-18-16-22(2)17-19-24)38-21-20-23-10-4-5-11-25(23)34(38)36(30)27-13-7-8-14-28(27)37-35(36)41/h4-21,30-31,34H,3H2,1-2H3,(H,37,41)/t30-,31-,34+,36+/m0/s1. The van der Waals surface area contributed by atoms with Gasteiger partial charge >= 0.3 is 0 Å². The van der Waals surface area contributed by atoms with Gasteiger partial charge in [-0.3, -0.25) is 14.4 Å². The maximum atomic E-state index is 15.1. The van der Waals surface area contributed by atoms with Crippen LogP contribution >= 0.6 is 0 Å². The molecule has 1 amide bonds. The van der Waals surface area contributed by atoms with Gasteiger partial charge in [0.1, 0.15) is 17.2 Å². The highest BCUT2D eigenvalue weighted by atomic mass is 16.5. The van der Waals surface area contributed by atoms with E-state index >= 15 is 4.79 Å². The molecule has 1 saturated heterocycles. The summed E-state index contributed by atoms with van der Waals surface area (Å²) in [6, 6.07) is 28.4. The van der Waals surface area contributed by atoms with Gasteiger partial charge in [0, 0.05) is 17.5 Å². The van der Waals surface area contributed by atoms with Crippen molar-refractivity contribution in [1.29, 1.82) is 0 Å². The molecule has 3 aliphatic heterocycles. The molecule has 6 heteroatoms. The summed E-state index contributed by atoms with van der Waals surface area (Å²) in [6.45, 7) is 4.21. The van der Waals surface area contributed by atoms with Gasteiger partial charge in [0.25, 0.3) is 0 Å². The SMILES string of the molecule is CCOc1ccccc1C(=O)[C@@H]1[C@@H](C(=O)c2ccc(C)cc2)N2C=Cc3ccccc3[C@@H]2[C@]12C(=O)Nc1ccccc12. The average Bonchev–Trinajstić information content (AvgIpc) is 3.49. The molecule has 4 atom stereocenters. The molecule has 208 valence electrons. The van der Waals surface area contributed by atoms with Crippen LogP contribution in [0.15, 0.2) is 103 Å². The second-order valence-electron chi connectivity index (χ2n) is 11.1. The van der Waals surface area contributed by atoms with Crippen molar-refractivity contribution in [3.63, 3.8) is 0 Å². The molecule has 4 aromatic rings. The van der Waals surface area contributed by atoms with E-state index in [0.29, 0.717) is 29.2 Å². The molecule has 0 bridgehead atoms. The number of nitrogens with zero attached hydrogens (tertiary/aromatic N) is 1. The number of ether oxygens (including phenoxy) is 1. The second kappa shape index (κ2) is 9.84. The average molecular weight is 555 g/mol. The highest BCUT2D eigenvalue weighted by Gasteiger charge is 2.70. The molecular weight excluding hydrogens is 524 g/mol. The first-order valence-electron chi connectivity index (χ1n) is 14.3. The number of hydrogen-bond acceptors (Lipinski definition) is 5. The lowest BCUT2D eigenvalue weighted by atomic mass is 9.62. The first kappa shape index (κ1) is 26.0. The van der Waals surface area contributed by atoms with E-state index in [1.54, 1.807) is 30.3 Å². The number of carbonyl (C=O) groups excluding carboxylic acids is 3. The number of carbonyl (C=O) groups is 3. The van der Waals surface area contributed by atoms with Crippen molar-refractivity contribution in [3.05, 3.63) is 137 Å². The normalized spacial score (nSPS) is 23.2. The minimum Gasteiger partial charge on any atom is -0.493 e. The molecule has 3 aliphatic rings. The van der Waals surface area contributed by atoms with E-state index in [1.165, 1.54) is 0 Å². The van der Waals surface area contributed by atoms with Gasteiger partial charge in [-0.05, 0) is 54.8 Å². The fourth-order valence-electron chi connectivity index (χ4n) is 7.18. The summed E-state index contributed by atoms with van der Waals surface area (Å²) in [4.78, 5) is 46.2. The summed E-state index contributed by atoms with van der Waals surface area (Å²) in [7, 11) is 0. The second-order valence-corrected chi connectivity index (χ2v) is 11.1. The van der Waals surface area contributed by atoms with Crippen LogP contribution in [0, 0.1) is 12.8 Å². The number of amides is 1. The number of hydrogen-bond donors (Lipinski definition) is 1. The molecule has 3 heterocycles. The molecule has 1 fully saturated rings. The number of Topliss-reactive ketones (excluding diaryl/α,β-unsaturated/α-hetero) is 2. The third-order valence-electron chi connectivity index (χ3n) is 8.91. The van der Waals surface area contributed by atoms with E-state index in [1.807, 2.05) is 97.8 Å². The van der Waals surface area contributed by atoms with Crippen molar-refractivity contribution in [1.82, 2.24) is 4.90 Å².